The first kappa shape index (κ1) is 8.83. The van der Waals surface area contributed by atoms with Gasteiger partial charge in [-0.25, -0.2) is 0 Å². The van der Waals surface area contributed by atoms with E-state index in [0.717, 1.165) is 9.64 Å². The number of hydrogen-bond donors (Lipinski definition) is 0. The predicted octanol–water partition coefficient (Wildman–Crippen LogP) is 3.11. The molecule has 0 unspecified atom stereocenters. The van der Waals surface area contributed by atoms with Crippen LogP contribution in [-0.4, -0.2) is 0 Å². The fourth-order valence-electron chi connectivity index (χ4n) is 0.582. The first-order chi connectivity index (χ1) is 5.00. The smallest absolute Gasteiger partial charge is 0.166 e. The molecule has 0 spiro atoms. The van der Waals surface area contributed by atoms with Crippen molar-refractivity contribution in [2.45, 2.75) is 6.18 Å². The van der Waals surface area contributed by atoms with E-state index in [1.165, 1.54) is 12.1 Å². The van der Waals surface area contributed by atoms with Crippen molar-refractivity contribution in [2.75, 3.05) is 0 Å². The maximum Gasteiger partial charge on any atom is 0.417 e. The molecule has 0 amide bonds. The number of hydrogen-bond acceptors (Lipinski definition) is 0. The van der Waals surface area contributed by atoms with Crippen molar-refractivity contribution in [3.8, 4) is 0 Å². The van der Waals surface area contributed by atoms with Crippen LogP contribution in [0.2, 0.25) is 0 Å². The maximum absolute atomic E-state index is 11.9. The highest BCUT2D eigenvalue weighted by atomic mass is 127. The van der Waals surface area contributed by atoms with Crippen molar-refractivity contribution in [1.82, 2.24) is 0 Å². The van der Waals surface area contributed by atoms with Crippen molar-refractivity contribution in [3.05, 3.63) is 33.4 Å². The highest BCUT2D eigenvalue weighted by Gasteiger charge is 2.30. The highest BCUT2D eigenvalue weighted by Crippen LogP contribution is 2.28. The fraction of sp³-hybridized carbons (Fsp3) is 0.143. The van der Waals surface area contributed by atoms with E-state index in [1.54, 1.807) is 0 Å². The quantitative estimate of drug-likeness (QED) is 0.636. The summed E-state index contributed by atoms with van der Waals surface area (Å²) in [6.45, 7) is 0. The number of halogens is 4. The summed E-state index contributed by atoms with van der Waals surface area (Å²) in [7, 11) is 0. The largest absolute Gasteiger partial charge is 0.417 e. The van der Waals surface area contributed by atoms with Gasteiger partial charge in [-0.15, -0.1) is 0 Å². The van der Waals surface area contributed by atoms with Gasteiger partial charge in [0.15, 0.2) is 0 Å². The average Bonchev–Trinajstić information content (AvgIpc) is 1.86. The summed E-state index contributed by atoms with van der Waals surface area (Å²) in [5.74, 6) is 0. The molecule has 0 bridgehead atoms. The molecular weight excluding hydrogens is 268 g/mol. The van der Waals surface area contributed by atoms with Crippen LogP contribution in [0.25, 0.3) is 0 Å². The standard InChI is InChI=1S/C7H3F3I/c8-7(9,10)5-1-3-6(11)4-2-5/h1,3-4H. The lowest BCUT2D eigenvalue weighted by molar-refractivity contribution is -0.137. The summed E-state index contributed by atoms with van der Waals surface area (Å²) >= 11 is 1.93. The second kappa shape index (κ2) is 3.00. The summed E-state index contributed by atoms with van der Waals surface area (Å²) in [6, 6.07) is 5.87. The molecule has 4 heteroatoms. The molecule has 59 valence electrons. The van der Waals surface area contributed by atoms with E-state index in [9.17, 15) is 13.2 Å². The van der Waals surface area contributed by atoms with Crippen LogP contribution < -0.4 is 0 Å². The zero-order valence-corrected chi connectivity index (χ0v) is 7.40. The van der Waals surface area contributed by atoms with Gasteiger partial charge in [-0.1, -0.05) is 0 Å². The van der Waals surface area contributed by atoms with Gasteiger partial charge >= 0.3 is 6.18 Å². The first-order valence-electron chi connectivity index (χ1n) is 2.74. The SMILES string of the molecule is FC(F)(F)c1[c]cc(I)cc1. The molecule has 11 heavy (non-hydrogen) atoms. The highest BCUT2D eigenvalue weighted by molar-refractivity contribution is 14.1. The van der Waals surface area contributed by atoms with Gasteiger partial charge in [-0.2, -0.15) is 13.2 Å². The molecule has 0 aromatic heterocycles. The molecule has 1 rings (SSSR count). The van der Waals surface area contributed by atoms with Crippen LogP contribution in [0, 0.1) is 9.64 Å². The summed E-state index contributed by atoms with van der Waals surface area (Å²) in [5, 5.41) is 0. The molecule has 0 N–H and O–H groups in total. The number of rotatable bonds is 0. The monoisotopic (exact) mass is 271 g/mol. The molecule has 1 aromatic rings. The molecular formula is C7H3F3I. The van der Waals surface area contributed by atoms with E-state index >= 15 is 0 Å². The minimum atomic E-state index is -4.27. The normalized spacial score (nSPS) is 11.6. The third-order valence-corrected chi connectivity index (χ3v) is 1.75. The summed E-state index contributed by atoms with van der Waals surface area (Å²) in [6.07, 6.45) is -4.27. The van der Waals surface area contributed by atoms with Gasteiger partial charge in [0, 0.05) is 3.57 Å². The zero-order chi connectivity index (χ0) is 8.48. The van der Waals surface area contributed by atoms with Crippen LogP contribution in [0.3, 0.4) is 0 Å². The van der Waals surface area contributed by atoms with E-state index in [2.05, 4.69) is 6.07 Å². The molecule has 0 atom stereocenters. The molecule has 0 aliphatic carbocycles. The van der Waals surface area contributed by atoms with Gasteiger partial charge in [0.25, 0.3) is 0 Å². The first-order valence-corrected chi connectivity index (χ1v) is 3.82. The van der Waals surface area contributed by atoms with Crippen LogP contribution >= 0.6 is 22.6 Å². The van der Waals surface area contributed by atoms with E-state index in [1.807, 2.05) is 22.6 Å². The van der Waals surface area contributed by atoms with E-state index in [0.29, 0.717) is 0 Å². The Hall–Kier alpha value is -0.260. The van der Waals surface area contributed by atoms with Crippen molar-refractivity contribution in [1.29, 1.82) is 0 Å². The Bertz CT molecular complexity index is 237. The lowest BCUT2D eigenvalue weighted by atomic mass is 10.2. The van der Waals surface area contributed by atoms with Gasteiger partial charge in [0.05, 0.1) is 5.56 Å². The summed E-state index contributed by atoms with van der Waals surface area (Å²) < 4.78 is 36.4. The lowest BCUT2D eigenvalue weighted by Crippen LogP contribution is -2.04. The van der Waals surface area contributed by atoms with Crippen LogP contribution in [0.4, 0.5) is 13.2 Å². The maximum atomic E-state index is 11.9. The van der Waals surface area contributed by atoms with Crippen LogP contribution in [-0.2, 0) is 6.18 Å². The zero-order valence-electron chi connectivity index (χ0n) is 5.24. The van der Waals surface area contributed by atoms with Crippen molar-refractivity contribution < 1.29 is 13.2 Å². The average molecular weight is 271 g/mol. The van der Waals surface area contributed by atoms with Gasteiger partial charge in [-0.3, -0.25) is 0 Å². The van der Waals surface area contributed by atoms with Gasteiger partial charge in [-0.05, 0) is 46.9 Å². The van der Waals surface area contributed by atoms with Crippen LogP contribution in [0.15, 0.2) is 18.2 Å². The number of benzene rings is 1. The van der Waals surface area contributed by atoms with Crippen molar-refractivity contribution in [3.63, 3.8) is 0 Å². The van der Waals surface area contributed by atoms with E-state index in [-0.39, 0.29) is 0 Å². The van der Waals surface area contributed by atoms with Gasteiger partial charge in [0.1, 0.15) is 0 Å². The van der Waals surface area contributed by atoms with Gasteiger partial charge in [0.2, 0.25) is 0 Å². The molecule has 0 heterocycles. The molecule has 1 aromatic carbocycles. The van der Waals surface area contributed by atoms with E-state index in [4.69, 9.17) is 0 Å². The Balaban J connectivity index is 2.99. The molecule has 0 aliphatic heterocycles. The minimum absolute atomic E-state index is 0.724. The van der Waals surface area contributed by atoms with Crippen molar-refractivity contribution in [2.24, 2.45) is 0 Å². The fourth-order valence-corrected chi connectivity index (χ4v) is 0.918. The second-order valence-electron chi connectivity index (χ2n) is 1.92. The molecule has 0 fully saturated rings. The Morgan fingerprint density at radius 1 is 1.27 bits per heavy atom. The third kappa shape index (κ3) is 2.36. The molecule has 0 saturated heterocycles. The Labute approximate surface area is 75.6 Å². The Morgan fingerprint density at radius 2 is 1.91 bits per heavy atom. The number of alkyl halides is 3. The summed E-state index contributed by atoms with van der Waals surface area (Å²) in [5.41, 5.74) is -0.724. The third-order valence-electron chi connectivity index (χ3n) is 1.08. The second-order valence-corrected chi connectivity index (χ2v) is 3.16. The Morgan fingerprint density at radius 3 is 2.27 bits per heavy atom. The molecule has 0 saturated carbocycles. The van der Waals surface area contributed by atoms with Gasteiger partial charge < -0.3 is 0 Å². The van der Waals surface area contributed by atoms with Crippen LogP contribution in [0.5, 0.6) is 0 Å². The Kier molecular flexibility index (Phi) is 2.41. The predicted molar refractivity (Wildman–Crippen MR) is 43.0 cm³/mol. The van der Waals surface area contributed by atoms with Crippen LogP contribution in [0.1, 0.15) is 5.56 Å². The lowest BCUT2D eigenvalue weighted by Gasteiger charge is -2.04. The topological polar surface area (TPSA) is 0 Å². The van der Waals surface area contributed by atoms with Crippen molar-refractivity contribution >= 4 is 22.6 Å². The minimum Gasteiger partial charge on any atom is -0.166 e. The molecule has 1 radical (unpaired) electrons. The summed E-state index contributed by atoms with van der Waals surface area (Å²) in [4.78, 5) is 0. The van der Waals surface area contributed by atoms with E-state index < -0.39 is 11.7 Å². The molecule has 0 aliphatic rings. The molecule has 0 nitrogen and oxygen atoms in total.